The SMILES string of the molecule is CCc1nc(Cl)c(C)c(NCc2cccnc2OC)n1. The smallest absolute Gasteiger partial charge is 0.218 e. The maximum Gasteiger partial charge on any atom is 0.218 e. The number of methoxy groups -OCH3 is 1. The van der Waals surface area contributed by atoms with Crippen molar-refractivity contribution in [3.8, 4) is 5.88 Å². The highest BCUT2D eigenvalue weighted by molar-refractivity contribution is 6.30. The molecule has 0 bridgehead atoms. The number of nitrogens with zero attached hydrogens (tertiary/aromatic N) is 3. The molecule has 0 amide bonds. The first-order valence-corrected chi connectivity index (χ1v) is 6.78. The van der Waals surface area contributed by atoms with Crippen molar-refractivity contribution in [2.45, 2.75) is 26.8 Å². The van der Waals surface area contributed by atoms with E-state index < -0.39 is 0 Å². The normalized spacial score (nSPS) is 10.4. The molecule has 0 aromatic carbocycles. The van der Waals surface area contributed by atoms with Crippen molar-refractivity contribution in [3.63, 3.8) is 0 Å². The Morgan fingerprint density at radius 3 is 2.85 bits per heavy atom. The highest BCUT2D eigenvalue weighted by Gasteiger charge is 2.09. The van der Waals surface area contributed by atoms with Gasteiger partial charge < -0.3 is 10.1 Å². The van der Waals surface area contributed by atoms with Crippen LogP contribution in [0.3, 0.4) is 0 Å². The largest absolute Gasteiger partial charge is 0.481 e. The fourth-order valence-electron chi connectivity index (χ4n) is 1.78. The van der Waals surface area contributed by atoms with Crippen LogP contribution in [0.5, 0.6) is 5.88 Å². The quantitative estimate of drug-likeness (QED) is 0.859. The number of hydrogen-bond donors (Lipinski definition) is 1. The Morgan fingerprint density at radius 1 is 1.35 bits per heavy atom. The Morgan fingerprint density at radius 2 is 2.15 bits per heavy atom. The standard InChI is InChI=1S/C14H17ClN4O/c1-4-11-18-12(15)9(2)13(19-11)17-8-10-6-5-7-16-14(10)20-3/h5-7H,4,8H2,1-3H3,(H,17,18,19). The maximum atomic E-state index is 6.11. The third-order valence-corrected chi connectivity index (χ3v) is 3.31. The third kappa shape index (κ3) is 3.17. The first kappa shape index (κ1) is 14.5. The van der Waals surface area contributed by atoms with Crippen LogP contribution in [-0.2, 0) is 13.0 Å². The lowest BCUT2D eigenvalue weighted by Crippen LogP contribution is -2.08. The lowest BCUT2D eigenvalue weighted by molar-refractivity contribution is 0.393. The van der Waals surface area contributed by atoms with E-state index in [1.807, 2.05) is 26.0 Å². The Balaban J connectivity index is 2.20. The highest BCUT2D eigenvalue weighted by atomic mass is 35.5. The monoisotopic (exact) mass is 292 g/mol. The number of pyridine rings is 1. The number of aryl methyl sites for hydroxylation is 1. The van der Waals surface area contributed by atoms with Crippen molar-refractivity contribution in [1.82, 2.24) is 15.0 Å². The number of hydrogen-bond acceptors (Lipinski definition) is 5. The second-order valence-corrected chi connectivity index (χ2v) is 4.64. The molecule has 2 aromatic heterocycles. The van der Waals surface area contributed by atoms with Gasteiger partial charge in [0, 0.05) is 30.3 Å². The Labute approximate surface area is 123 Å². The molecule has 2 rings (SSSR count). The molecule has 0 atom stereocenters. The number of rotatable bonds is 5. The zero-order chi connectivity index (χ0) is 14.5. The lowest BCUT2D eigenvalue weighted by Gasteiger charge is -2.12. The van der Waals surface area contributed by atoms with Gasteiger partial charge in [0.25, 0.3) is 0 Å². The molecular formula is C14H17ClN4O. The predicted molar refractivity (Wildman–Crippen MR) is 79.3 cm³/mol. The van der Waals surface area contributed by atoms with Crippen LogP contribution in [0.1, 0.15) is 23.9 Å². The molecule has 1 N–H and O–H groups in total. The fraction of sp³-hybridized carbons (Fsp3) is 0.357. The van der Waals surface area contributed by atoms with Crippen LogP contribution >= 0.6 is 11.6 Å². The summed E-state index contributed by atoms with van der Waals surface area (Å²) in [5.74, 6) is 2.07. The van der Waals surface area contributed by atoms with E-state index in [1.54, 1.807) is 13.3 Å². The van der Waals surface area contributed by atoms with Crippen molar-refractivity contribution in [2.75, 3.05) is 12.4 Å². The fourth-order valence-corrected chi connectivity index (χ4v) is 1.97. The van der Waals surface area contributed by atoms with E-state index in [0.29, 0.717) is 17.6 Å². The molecule has 0 spiro atoms. The molecule has 2 heterocycles. The lowest BCUT2D eigenvalue weighted by atomic mass is 10.2. The second kappa shape index (κ2) is 6.52. The summed E-state index contributed by atoms with van der Waals surface area (Å²) in [5.41, 5.74) is 1.80. The minimum atomic E-state index is 0.484. The van der Waals surface area contributed by atoms with Gasteiger partial charge in [0.1, 0.15) is 16.8 Å². The summed E-state index contributed by atoms with van der Waals surface area (Å²) in [6, 6.07) is 3.83. The molecule has 5 nitrogen and oxygen atoms in total. The summed E-state index contributed by atoms with van der Waals surface area (Å²) in [6.45, 7) is 4.45. The van der Waals surface area contributed by atoms with Gasteiger partial charge in [-0.05, 0) is 13.0 Å². The average molecular weight is 293 g/mol. The van der Waals surface area contributed by atoms with Crippen molar-refractivity contribution < 1.29 is 4.74 Å². The van der Waals surface area contributed by atoms with Crippen LogP contribution in [-0.4, -0.2) is 22.1 Å². The van der Waals surface area contributed by atoms with Crippen molar-refractivity contribution in [3.05, 3.63) is 40.4 Å². The second-order valence-electron chi connectivity index (χ2n) is 4.28. The molecule has 106 valence electrons. The summed E-state index contributed by atoms with van der Waals surface area (Å²) in [6.07, 6.45) is 2.44. The van der Waals surface area contributed by atoms with Crippen LogP contribution < -0.4 is 10.1 Å². The molecule has 0 saturated carbocycles. The minimum Gasteiger partial charge on any atom is -0.481 e. The molecule has 20 heavy (non-hydrogen) atoms. The molecular weight excluding hydrogens is 276 g/mol. The van der Waals surface area contributed by atoms with Crippen molar-refractivity contribution >= 4 is 17.4 Å². The minimum absolute atomic E-state index is 0.484. The summed E-state index contributed by atoms with van der Waals surface area (Å²) >= 11 is 6.11. The zero-order valence-electron chi connectivity index (χ0n) is 11.8. The first-order valence-electron chi connectivity index (χ1n) is 6.40. The molecule has 2 aromatic rings. The topological polar surface area (TPSA) is 59.9 Å². The summed E-state index contributed by atoms with van der Waals surface area (Å²) in [5, 5.41) is 3.75. The van der Waals surface area contributed by atoms with Crippen molar-refractivity contribution in [2.24, 2.45) is 0 Å². The summed E-state index contributed by atoms with van der Waals surface area (Å²) < 4.78 is 5.22. The van der Waals surface area contributed by atoms with E-state index in [1.165, 1.54) is 0 Å². The number of aromatic nitrogens is 3. The zero-order valence-corrected chi connectivity index (χ0v) is 12.5. The van der Waals surface area contributed by atoms with Gasteiger partial charge in [0.2, 0.25) is 5.88 Å². The average Bonchev–Trinajstić information content (AvgIpc) is 2.48. The molecule has 0 saturated heterocycles. The van der Waals surface area contributed by atoms with Gasteiger partial charge in [-0.3, -0.25) is 0 Å². The van der Waals surface area contributed by atoms with E-state index in [-0.39, 0.29) is 0 Å². The number of halogens is 1. The Hall–Kier alpha value is -1.88. The number of ether oxygens (including phenoxy) is 1. The van der Waals surface area contributed by atoms with Gasteiger partial charge in [0.05, 0.1) is 7.11 Å². The van der Waals surface area contributed by atoms with Gasteiger partial charge >= 0.3 is 0 Å². The van der Waals surface area contributed by atoms with Gasteiger partial charge in [-0.25, -0.2) is 15.0 Å². The van der Waals surface area contributed by atoms with Gasteiger partial charge in [-0.15, -0.1) is 0 Å². The molecule has 0 aliphatic heterocycles. The first-order chi connectivity index (χ1) is 9.65. The molecule has 0 fully saturated rings. The van der Waals surface area contributed by atoms with Crippen LogP contribution in [0.4, 0.5) is 5.82 Å². The Bertz CT molecular complexity index is 604. The van der Waals surface area contributed by atoms with E-state index in [9.17, 15) is 0 Å². The maximum absolute atomic E-state index is 6.11. The molecule has 0 aliphatic rings. The number of nitrogens with one attached hydrogen (secondary N) is 1. The molecule has 0 aliphatic carbocycles. The highest BCUT2D eigenvalue weighted by Crippen LogP contribution is 2.22. The predicted octanol–water partition coefficient (Wildman–Crippen LogP) is 3.02. The van der Waals surface area contributed by atoms with E-state index in [4.69, 9.17) is 16.3 Å². The Kier molecular flexibility index (Phi) is 4.74. The summed E-state index contributed by atoms with van der Waals surface area (Å²) in [7, 11) is 1.60. The van der Waals surface area contributed by atoms with Gasteiger partial charge in [-0.2, -0.15) is 0 Å². The molecule has 0 unspecified atom stereocenters. The molecule has 6 heteroatoms. The van der Waals surface area contributed by atoms with E-state index >= 15 is 0 Å². The van der Waals surface area contributed by atoms with Crippen LogP contribution in [0.25, 0.3) is 0 Å². The van der Waals surface area contributed by atoms with Crippen LogP contribution in [0.2, 0.25) is 5.15 Å². The number of anilines is 1. The third-order valence-electron chi connectivity index (χ3n) is 2.94. The van der Waals surface area contributed by atoms with Crippen molar-refractivity contribution in [1.29, 1.82) is 0 Å². The van der Waals surface area contributed by atoms with E-state index in [0.717, 1.165) is 29.2 Å². The summed E-state index contributed by atoms with van der Waals surface area (Å²) in [4.78, 5) is 12.8. The molecule has 0 radical (unpaired) electrons. The van der Waals surface area contributed by atoms with Gasteiger partial charge in [-0.1, -0.05) is 24.6 Å². The van der Waals surface area contributed by atoms with Gasteiger partial charge in [0.15, 0.2) is 0 Å². The van der Waals surface area contributed by atoms with E-state index in [2.05, 4.69) is 20.3 Å². The van der Waals surface area contributed by atoms with Crippen LogP contribution in [0.15, 0.2) is 18.3 Å². The van der Waals surface area contributed by atoms with Crippen LogP contribution in [0, 0.1) is 6.92 Å².